The van der Waals surface area contributed by atoms with Crippen LogP contribution in [0.2, 0.25) is 0 Å². The number of aliphatic carboxylic acids is 1. The highest BCUT2D eigenvalue weighted by Gasteiger charge is 2.15. The van der Waals surface area contributed by atoms with E-state index in [4.69, 9.17) is 9.84 Å². The fourth-order valence-corrected chi connectivity index (χ4v) is 0.859. The zero-order valence-corrected chi connectivity index (χ0v) is 5.87. The second-order valence-corrected chi connectivity index (χ2v) is 2.23. The number of carbonyl (C=O) groups excluding carboxylic acids is 1. The molecule has 0 radical (unpaired) electrons. The predicted octanol–water partition coefficient (Wildman–Crippen LogP) is -0.0132. The minimum absolute atomic E-state index is 0.126. The van der Waals surface area contributed by atoms with Gasteiger partial charge in [-0.1, -0.05) is 0 Å². The van der Waals surface area contributed by atoms with Crippen molar-refractivity contribution in [3.8, 4) is 0 Å². The van der Waals surface area contributed by atoms with Crippen LogP contribution in [-0.4, -0.2) is 30.1 Å². The third kappa shape index (κ3) is 2.16. The minimum Gasteiger partial charge on any atom is -0.478 e. The second-order valence-electron chi connectivity index (χ2n) is 2.23. The van der Waals surface area contributed by atoms with Crippen molar-refractivity contribution in [1.82, 2.24) is 0 Å². The van der Waals surface area contributed by atoms with E-state index in [1.54, 1.807) is 0 Å². The van der Waals surface area contributed by atoms with Crippen LogP contribution < -0.4 is 0 Å². The van der Waals surface area contributed by atoms with Gasteiger partial charge in [-0.05, 0) is 0 Å². The van der Waals surface area contributed by atoms with Crippen LogP contribution in [0.3, 0.4) is 0 Å². The summed E-state index contributed by atoms with van der Waals surface area (Å²) in [5.41, 5.74) is 0.253. The Morgan fingerprint density at radius 3 is 2.91 bits per heavy atom. The molecule has 1 N–H and O–H groups in total. The number of rotatable bonds is 1. The molecule has 0 spiro atoms. The maximum absolute atomic E-state index is 10.9. The number of hydrogen-bond donors (Lipinski definition) is 1. The summed E-state index contributed by atoms with van der Waals surface area (Å²) in [7, 11) is 0. The number of Topliss-reactive ketones (excluding diaryl/α,β-unsaturated/α-hetero) is 1. The quantitative estimate of drug-likeness (QED) is 0.542. The summed E-state index contributed by atoms with van der Waals surface area (Å²) in [6.45, 7) is 0.529. The largest absolute Gasteiger partial charge is 0.478 e. The molecule has 1 rings (SSSR count). The lowest BCUT2D eigenvalue weighted by Gasteiger charge is -2.12. The van der Waals surface area contributed by atoms with Crippen molar-refractivity contribution in [3.63, 3.8) is 0 Å². The van der Waals surface area contributed by atoms with E-state index in [2.05, 4.69) is 0 Å². The van der Waals surface area contributed by atoms with Gasteiger partial charge in [0.05, 0.1) is 13.2 Å². The van der Waals surface area contributed by atoms with Crippen LogP contribution in [0.1, 0.15) is 6.42 Å². The van der Waals surface area contributed by atoms with E-state index >= 15 is 0 Å². The van der Waals surface area contributed by atoms with Crippen molar-refractivity contribution < 1.29 is 19.4 Å². The molecule has 11 heavy (non-hydrogen) atoms. The van der Waals surface area contributed by atoms with Crippen LogP contribution in [0.15, 0.2) is 11.6 Å². The van der Waals surface area contributed by atoms with Gasteiger partial charge in [-0.2, -0.15) is 0 Å². The third-order valence-electron chi connectivity index (χ3n) is 1.39. The van der Waals surface area contributed by atoms with E-state index in [0.29, 0.717) is 13.0 Å². The average Bonchev–Trinajstić information content (AvgIpc) is 1.93. The molecular weight excluding hydrogens is 148 g/mol. The Labute approximate surface area is 63.5 Å². The Kier molecular flexibility index (Phi) is 2.38. The summed E-state index contributed by atoms with van der Waals surface area (Å²) in [6, 6.07) is 0. The standard InChI is InChI=1S/C7H8O4/c8-6-1-2-11-4-5(6)3-7(9)10/h3H,1-2,4H2,(H,9,10)/b5-3+. The van der Waals surface area contributed by atoms with Crippen molar-refractivity contribution >= 4 is 11.8 Å². The Morgan fingerprint density at radius 2 is 2.36 bits per heavy atom. The van der Waals surface area contributed by atoms with Crippen molar-refractivity contribution in [2.75, 3.05) is 13.2 Å². The molecule has 1 aliphatic heterocycles. The fourth-order valence-electron chi connectivity index (χ4n) is 0.859. The number of ether oxygens (including phenoxy) is 1. The van der Waals surface area contributed by atoms with Gasteiger partial charge >= 0.3 is 5.97 Å². The first-order valence-corrected chi connectivity index (χ1v) is 3.24. The maximum atomic E-state index is 10.9. The fraction of sp³-hybridized carbons (Fsp3) is 0.429. The van der Waals surface area contributed by atoms with Crippen LogP contribution >= 0.6 is 0 Å². The summed E-state index contributed by atoms with van der Waals surface area (Å²) in [5, 5.41) is 8.30. The first-order valence-electron chi connectivity index (χ1n) is 3.24. The number of carboxylic acids is 1. The average molecular weight is 156 g/mol. The smallest absolute Gasteiger partial charge is 0.328 e. The van der Waals surface area contributed by atoms with Crippen LogP contribution in [0, 0.1) is 0 Å². The SMILES string of the molecule is O=C(O)/C=C1\COCCC1=O. The summed E-state index contributed by atoms with van der Waals surface area (Å²) in [4.78, 5) is 21.0. The highest BCUT2D eigenvalue weighted by Crippen LogP contribution is 2.07. The molecule has 1 saturated heterocycles. The van der Waals surface area contributed by atoms with Crippen molar-refractivity contribution in [3.05, 3.63) is 11.6 Å². The van der Waals surface area contributed by atoms with E-state index in [-0.39, 0.29) is 18.0 Å². The molecule has 0 atom stereocenters. The topological polar surface area (TPSA) is 63.6 Å². The lowest BCUT2D eigenvalue weighted by atomic mass is 10.1. The van der Waals surface area contributed by atoms with Gasteiger partial charge in [0.25, 0.3) is 0 Å². The van der Waals surface area contributed by atoms with E-state index in [9.17, 15) is 9.59 Å². The maximum Gasteiger partial charge on any atom is 0.328 e. The molecule has 0 aromatic heterocycles. The van der Waals surface area contributed by atoms with Gasteiger partial charge in [0.1, 0.15) is 0 Å². The van der Waals surface area contributed by atoms with Crippen molar-refractivity contribution in [1.29, 1.82) is 0 Å². The van der Waals surface area contributed by atoms with E-state index in [1.807, 2.05) is 0 Å². The van der Waals surface area contributed by atoms with Crippen LogP contribution in [-0.2, 0) is 14.3 Å². The molecule has 0 aromatic carbocycles. The van der Waals surface area contributed by atoms with E-state index in [0.717, 1.165) is 6.08 Å². The molecule has 0 unspecified atom stereocenters. The molecule has 4 nitrogen and oxygen atoms in total. The summed E-state index contributed by atoms with van der Waals surface area (Å²) >= 11 is 0. The molecule has 1 fully saturated rings. The van der Waals surface area contributed by atoms with Crippen molar-refractivity contribution in [2.45, 2.75) is 6.42 Å². The zero-order valence-electron chi connectivity index (χ0n) is 5.87. The molecule has 0 amide bonds. The number of carbonyl (C=O) groups is 2. The Hall–Kier alpha value is -1.16. The first-order chi connectivity index (χ1) is 5.20. The number of ketones is 1. The van der Waals surface area contributed by atoms with Crippen molar-refractivity contribution in [2.24, 2.45) is 0 Å². The molecule has 0 aromatic rings. The molecule has 1 aliphatic rings. The first kappa shape index (κ1) is 7.94. The van der Waals surface area contributed by atoms with Crippen LogP contribution in [0.25, 0.3) is 0 Å². The normalized spacial score (nSPS) is 22.2. The van der Waals surface area contributed by atoms with Gasteiger partial charge in [0, 0.05) is 18.1 Å². The molecule has 0 bridgehead atoms. The molecule has 0 saturated carbocycles. The Balaban J connectivity index is 2.68. The summed E-state index contributed by atoms with van der Waals surface area (Å²) < 4.78 is 4.90. The number of carboxylic acid groups (broad SMARTS) is 1. The lowest BCUT2D eigenvalue weighted by Crippen LogP contribution is -2.19. The van der Waals surface area contributed by atoms with E-state index in [1.165, 1.54) is 0 Å². The highest BCUT2D eigenvalue weighted by atomic mass is 16.5. The highest BCUT2D eigenvalue weighted by molar-refractivity contribution is 6.00. The monoisotopic (exact) mass is 156 g/mol. The Bertz CT molecular complexity index is 216. The predicted molar refractivity (Wildman–Crippen MR) is 36.2 cm³/mol. The van der Waals surface area contributed by atoms with Gasteiger partial charge in [-0.25, -0.2) is 4.79 Å². The van der Waals surface area contributed by atoms with Gasteiger partial charge < -0.3 is 9.84 Å². The van der Waals surface area contributed by atoms with Gasteiger partial charge in [0.15, 0.2) is 5.78 Å². The number of hydrogen-bond acceptors (Lipinski definition) is 3. The van der Waals surface area contributed by atoms with Gasteiger partial charge in [0.2, 0.25) is 0 Å². The minimum atomic E-state index is -1.10. The van der Waals surface area contributed by atoms with Gasteiger partial charge in [-0.3, -0.25) is 4.79 Å². The van der Waals surface area contributed by atoms with Gasteiger partial charge in [-0.15, -0.1) is 0 Å². The Morgan fingerprint density at radius 1 is 1.64 bits per heavy atom. The third-order valence-corrected chi connectivity index (χ3v) is 1.39. The molecular formula is C7H8O4. The molecule has 4 heteroatoms. The zero-order chi connectivity index (χ0) is 8.27. The second kappa shape index (κ2) is 3.30. The lowest BCUT2D eigenvalue weighted by molar-refractivity contribution is -0.132. The van der Waals surface area contributed by atoms with Crippen LogP contribution in [0.4, 0.5) is 0 Å². The molecule has 1 heterocycles. The van der Waals surface area contributed by atoms with Crippen LogP contribution in [0.5, 0.6) is 0 Å². The van der Waals surface area contributed by atoms with E-state index < -0.39 is 5.97 Å². The molecule has 0 aliphatic carbocycles. The molecule has 60 valence electrons. The summed E-state index contributed by atoms with van der Waals surface area (Å²) in [6.07, 6.45) is 1.20. The summed E-state index contributed by atoms with van der Waals surface area (Å²) in [5.74, 6) is -1.22.